The van der Waals surface area contributed by atoms with Gasteiger partial charge in [-0.2, -0.15) is 0 Å². The molecule has 0 amide bonds. The zero-order valence-electron chi connectivity index (χ0n) is 13.9. The average Bonchev–Trinajstić information content (AvgIpc) is 3.00. The van der Waals surface area contributed by atoms with Gasteiger partial charge >= 0.3 is 0 Å². The van der Waals surface area contributed by atoms with Gasteiger partial charge in [-0.05, 0) is 31.2 Å². The molecule has 4 aromatic heterocycles. The Morgan fingerprint density at radius 1 is 1.12 bits per heavy atom. The zero-order chi connectivity index (χ0) is 17.4. The lowest BCUT2D eigenvalue weighted by molar-refractivity contribution is 0.413. The number of methoxy groups -OCH3 is 1. The van der Waals surface area contributed by atoms with Crippen molar-refractivity contribution in [2.45, 2.75) is 6.92 Å². The molecular weight excluding hydrogens is 314 g/mol. The van der Waals surface area contributed by atoms with Crippen molar-refractivity contribution in [3.05, 3.63) is 54.5 Å². The van der Waals surface area contributed by atoms with E-state index < -0.39 is 0 Å². The minimum absolute atomic E-state index is 0.463. The molecule has 0 bridgehead atoms. The van der Waals surface area contributed by atoms with Gasteiger partial charge in [-0.3, -0.25) is 9.97 Å². The molecule has 0 atom stereocenters. The first-order chi connectivity index (χ1) is 12.2. The summed E-state index contributed by atoms with van der Waals surface area (Å²) in [5.41, 5.74) is 12.2. The maximum Gasteiger partial charge on any atom is 0.139 e. The van der Waals surface area contributed by atoms with E-state index in [2.05, 4.69) is 19.9 Å². The van der Waals surface area contributed by atoms with Crippen LogP contribution in [0.15, 0.2) is 48.8 Å². The van der Waals surface area contributed by atoms with Crippen molar-refractivity contribution in [2.75, 3.05) is 12.8 Å². The van der Waals surface area contributed by atoms with E-state index in [1.807, 2.05) is 43.3 Å². The van der Waals surface area contributed by atoms with Crippen LogP contribution in [0.5, 0.6) is 5.75 Å². The highest BCUT2D eigenvalue weighted by molar-refractivity contribution is 6.01. The summed E-state index contributed by atoms with van der Waals surface area (Å²) in [6.45, 7) is 1.97. The Morgan fingerprint density at radius 2 is 2.00 bits per heavy atom. The second kappa shape index (κ2) is 5.90. The second-order valence-electron chi connectivity index (χ2n) is 5.78. The van der Waals surface area contributed by atoms with E-state index in [-0.39, 0.29) is 0 Å². The number of hydrogen-bond donors (Lipinski definition) is 2. The standard InChI is InChI=1S/C19H17N5O/c1-11-4-3-5-14(23-11)17-18(12-6-7-21-16(20)8-12)24-15-9-13(25-2)10-22-19(15)17/h3-10,24H,1-2H3,(H2,20,21). The molecule has 0 saturated heterocycles. The van der Waals surface area contributed by atoms with E-state index in [1.165, 1.54) is 0 Å². The number of pyridine rings is 3. The maximum absolute atomic E-state index is 5.87. The topological polar surface area (TPSA) is 89.7 Å². The zero-order valence-corrected chi connectivity index (χ0v) is 13.9. The van der Waals surface area contributed by atoms with Gasteiger partial charge in [0.25, 0.3) is 0 Å². The maximum atomic E-state index is 5.87. The van der Waals surface area contributed by atoms with Gasteiger partial charge in [0, 0.05) is 23.5 Å². The highest BCUT2D eigenvalue weighted by Gasteiger charge is 2.18. The van der Waals surface area contributed by atoms with Crippen LogP contribution in [-0.4, -0.2) is 27.0 Å². The minimum Gasteiger partial charge on any atom is -0.495 e. The van der Waals surface area contributed by atoms with Gasteiger partial charge in [-0.15, -0.1) is 0 Å². The molecule has 0 aliphatic carbocycles. The lowest BCUT2D eigenvalue weighted by atomic mass is 10.0. The van der Waals surface area contributed by atoms with Gasteiger partial charge in [0.15, 0.2) is 0 Å². The normalized spacial score (nSPS) is 11.0. The molecule has 124 valence electrons. The van der Waals surface area contributed by atoms with E-state index >= 15 is 0 Å². The van der Waals surface area contributed by atoms with Crippen LogP contribution < -0.4 is 10.5 Å². The Labute approximate surface area is 144 Å². The largest absolute Gasteiger partial charge is 0.495 e. The van der Waals surface area contributed by atoms with E-state index in [0.717, 1.165) is 39.2 Å². The van der Waals surface area contributed by atoms with Gasteiger partial charge in [0.1, 0.15) is 11.6 Å². The van der Waals surface area contributed by atoms with Crippen molar-refractivity contribution in [1.82, 2.24) is 19.9 Å². The molecule has 0 aliphatic heterocycles. The number of ether oxygens (including phenoxy) is 1. The Bertz CT molecular complexity index is 1070. The number of H-pyrrole nitrogens is 1. The van der Waals surface area contributed by atoms with Gasteiger partial charge in [0.05, 0.1) is 41.3 Å². The summed E-state index contributed by atoms with van der Waals surface area (Å²) in [6, 6.07) is 11.6. The van der Waals surface area contributed by atoms with E-state index in [9.17, 15) is 0 Å². The second-order valence-corrected chi connectivity index (χ2v) is 5.78. The first-order valence-electron chi connectivity index (χ1n) is 7.87. The fourth-order valence-corrected chi connectivity index (χ4v) is 2.92. The molecule has 4 aromatic rings. The molecule has 3 N–H and O–H groups in total. The summed E-state index contributed by atoms with van der Waals surface area (Å²) in [6.07, 6.45) is 3.40. The van der Waals surface area contributed by atoms with Crippen molar-refractivity contribution >= 4 is 16.9 Å². The van der Waals surface area contributed by atoms with Crippen LogP contribution in [0, 0.1) is 6.92 Å². The molecule has 4 rings (SSSR count). The first-order valence-corrected chi connectivity index (χ1v) is 7.87. The lowest BCUT2D eigenvalue weighted by Gasteiger charge is -2.06. The predicted octanol–water partition coefficient (Wildman–Crippen LogP) is 3.59. The quantitative estimate of drug-likeness (QED) is 0.599. The van der Waals surface area contributed by atoms with Crippen LogP contribution in [0.2, 0.25) is 0 Å². The number of aromatic amines is 1. The molecule has 4 heterocycles. The molecule has 0 radical (unpaired) electrons. The molecule has 0 fully saturated rings. The lowest BCUT2D eigenvalue weighted by Crippen LogP contribution is -1.92. The van der Waals surface area contributed by atoms with Crippen LogP contribution in [-0.2, 0) is 0 Å². The third kappa shape index (κ3) is 2.67. The predicted molar refractivity (Wildman–Crippen MR) is 98.3 cm³/mol. The number of nitrogens with zero attached hydrogens (tertiary/aromatic N) is 3. The van der Waals surface area contributed by atoms with Crippen molar-refractivity contribution in [2.24, 2.45) is 0 Å². The molecule has 6 heteroatoms. The third-order valence-corrected chi connectivity index (χ3v) is 4.06. The van der Waals surface area contributed by atoms with E-state index in [0.29, 0.717) is 11.6 Å². The number of aromatic nitrogens is 4. The summed E-state index contributed by atoms with van der Waals surface area (Å²) in [5, 5.41) is 0. The Balaban J connectivity index is 2.05. The van der Waals surface area contributed by atoms with Crippen molar-refractivity contribution < 1.29 is 4.74 Å². The van der Waals surface area contributed by atoms with Gasteiger partial charge in [0.2, 0.25) is 0 Å². The van der Waals surface area contributed by atoms with Gasteiger partial charge in [-0.1, -0.05) is 6.07 Å². The molecule has 25 heavy (non-hydrogen) atoms. The Morgan fingerprint density at radius 3 is 2.76 bits per heavy atom. The highest BCUT2D eigenvalue weighted by Crippen LogP contribution is 2.37. The first kappa shape index (κ1) is 15.1. The van der Waals surface area contributed by atoms with Crippen LogP contribution in [0.4, 0.5) is 5.82 Å². The number of nitrogen functional groups attached to an aromatic ring is 1. The molecule has 0 aliphatic rings. The van der Waals surface area contributed by atoms with Gasteiger partial charge < -0.3 is 15.5 Å². The summed E-state index contributed by atoms with van der Waals surface area (Å²) in [5.74, 6) is 1.16. The molecule has 0 unspecified atom stereocenters. The SMILES string of the molecule is COc1cnc2c(-c3cccc(C)n3)c(-c3ccnc(N)c3)[nH]c2c1. The number of rotatable bonds is 3. The third-order valence-electron chi connectivity index (χ3n) is 4.06. The van der Waals surface area contributed by atoms with Gasteiger partial charge in [-0.25, -0.2) is 4.98 Å². The molecule has 0 spiro atoms. The fourth-order valence-electron chi connectivity index (χ4n) is 2.92. The number of hydrogen-bond acceptors (Lipinski definition) is 5. The molecule has 0 saturated carbocycles. The summed E-state index contributed by atoms with van der Waals surface area (Å²) in [7, 11) is 1.62. The van der Waals surface area contributed by atoms with Crippen molar-refractivity contribution in [3.8, 4) is 28.3 Å². The van der Waals surface area contributed by atoms with Crippen LogP contribution in [0.25, 0.3) is 33.5 Å². The monoisotopic (exact) mass is 331 g/mol. The van der Waals surface area contributed by atoms with Crippen molar-refractivity contribution in [1.29, 1.82) is 0 Å². The molecule has 6 nitrogen and oxygen atoms in total. The smallest absolute Gasteiger partial charge is 0.139 e. The summed E-state index contributed by atoms with van der Waals surface area (Å²) in [4.78, 5) is 16.8. The summed E-state index contributed by atoms with van der Waals surface area (Å²) < 4.78 is 5.29. The number of aryl methyl sites for hydroxylation is 1. The Hall–Kier alpha value is -3.41. The van der Waals surface area contributed by atoms with Crippen LogP contribution >= 0.6 is 0 Å². The minimum atomic E-state index is 0.463. The number of anilines is 1. The molecule has 0 aromatic carbocycles. The van der Waals surface area contributed by atoms with Crippen molar-refractivity contribution in [3.63, 3.8) is 0 Å². The highest BCUT2D eigenvalue weighted by atomic mass is 16.5. The molecular formula is C19H17N5O. The Kier molecular flexibility index (Phi) is 3.57. The van der Waals surface area contributed by atoms with E-state index in [1.54, 1.807) is 19.5 Å². The fraction of sp³-hybridized carbons (Fsp3) is 0.105. The van der Waals surface area contributed by atoms with Crippen LogP contribution in [0.1, 0.15) is 5.69 Å². The van der Waals surface area contributed by atoms with Crippen LogP contribution in [0.3, 0.4) is 0 Å². The average molecular weight is 331 g/mol. The number of nitrogens with one attached hydrogen (secondary N) is 1. The number of fused-ring (bicyclic) bond motifs is 1. The number of nitrogens with two attached hydrogens (primary N) is 1. The van der Waals surface area contributed by atoms with E-state index in [4.69, 9.17) is 10.5 Å². The summed E-state index contributed by atoms with van der Waals surface area (Å²) >= 11 is 0.